The second-order valence-electron chi connectivity index (χ2n) is 3.26. The van der Waals surface area contributed by atoms with Crippen LogP contribution in [0.3, 0.4) is 0 Å². The van der Waals surface area contributed by atoms with Crippen molar-refractivity contribution in [2.24, 2.45) is 0 Å². The number of likely N-dealkylation sites (N-methyl/N-ethyl adjacent to an activating group) is 1. The molecule has 0 aliphatic carbocycles. The number of carbonyl (C=O) groups is 1. The molecule has 84 valence electrons. The van der Waals surface area contributed by atoms with Crippen LogP contribution in [-0.2, 0) is 11.3 Å². The summed E-state index contributed by atoms with van der Waals surface area (Å²) in [4.78, 5) is 11.3. The molecule has 6 nitrogen and oxygen atoms in total. The third-order valence-corrected chi connectivity index (χ3v) is 2.14. The van der Waals surface area contributed by atoms with Gasteiger partial charge in [0.1, 0.15) is 6.04 Å². The van der Waals surface area contributed by atoms with Crippen LogP contribution in [0, 0.1) is 0 Å². The number of nitrogens with one attached hydrogen (secondary N) is 2. The van der Waals surface area contributed by atoms with Crippen molar-refractivity contribution >= 4 is 5.91 Å². The van der Waals surface area contributed by atoms with E-state index in [9.17, 15) is 4.79 Å². The first-order valence-corrected chi connectivity index (χ1v) is 5.02. The van der Waals surface area contributed by atoms with Gasteiger partial charge in [-0.05, 0) is 13.5 Å². The fourth-order valence-corrected chi connectivity index (χ4v) is 1.17. The molecular weight excluding hydrogens is 194 g/mol. The molecule has 0 aliphatic heterocycles. The van der Waals surface area contributed by atoms with Crippen LogP contribution in [0.15, 0.2) is 6.20 Å². The van der Waals surface area contributed by atoms with Gasteiger partial charge < -0.3 is 10.6 Å². The molecular formula is C9H17N5O. The summed E-state index contributed by atoms with van der Waals surface area (Å²) in [6, 6.07) is -0.321. The molecule has 0 spiro atoms. The average molecular weight is 211 g/mol. The third kappa shape index (κ3) is 3.02. The zero-order valence-corrected chi connectivity index (χ0v) is 9.32. The highest BCUT2D eigenvalue weighted by Gasteiger charge is 2.14. The van der Waals surface area contributed by atoms with E-state index in [-0.39, 0.29) is 11.9 Å². The van der Waals surface area contributed by atoms with Crippen LogP contribution in [0.2, 0.25) is 0 Å². The van der Waals surface area contributed by atoms with Crippen LogP contribution in [0.1, 0.15) is 25.6 Å². The SMILES string of the molecule is CCNCc1cn(C(C)C(=O)NC)nn1. The van der Waals surface area contributed by atoms with Crippen LogP contribution in [-0.4, -0.2) is 34.5 Å². The molecule has 0 saturated heterocycles. The number of hydrogen-bond donors (Lipinski definition) is 2. The number of hydrogen-bond acceptors (Lipinski definition) is 4. The van der Waals surface area contributed by atoms with Crippen molar-refractivity contribution < 1.29 is 4.79 Å². The Hall–Kier alpha value is -1.43. The highest BCUT2D eigenvalue weighted by atomic mass is 16.2. The van der Waals surface area contributed by atoms with Gasteiger partial charge in [0.05, 0.1) is 11.9 Å². The number of aromatic nitrogens is 3. The van der Waals surface area contributed by atoms with E-state index in [1.165, 1.54) is 0 Å². The van der Waals surface area contributed by atoms with Crippen LogP contribution in [0.5, 0.6) is 0 Å². The van der Waals surface area contributed by atoms with Gasteiger partial charge in [-0.25, -0.2) is 4.68 Å². The number of rotatable bonds is 5. The Morgan fingerprint density at radius 3 is 3.00 bits per heavy atom. The Morgan fingerprint density at radius 2 is 2.40 bits per heavy atom. The Kier molecular flexibility index (Phi) is 4.23. The van der Waals surface area contributed by atoms with Crippen LogP contribution in [0.4, 0.5) is 0 Å². The largest absolute Gasteiger partial charge is 0.357 e. The van der Waals surface area contributed by atoms with Gasteiger partial charge in [-0.1, -0.05) is 12.1 Å². The average Bonchev–Trinajstić information content (AvgIpc) is 2.72. The van der Waals surface area contributed by atoms with E-state index in [1.54, 1.807) is 24.9 Å². The van der Waals surface area contributed by atoms with Crippen molar-refractivity contribution in [3.05, 3.63) is 11.9 Å². The Labute approximate surface area is 89.0 Å². The molecule has 1 heterocycles. The predicted octanol–water partition coefficient (Wildman–Crippen LogP) is -0.305. The zero-order chi connectivity index (χ0) is 11.3. The fourth-order valence-electron chi connectivity index (χ4n) is 1.17. The molecule has 1 amide bonds. The van der Waals surface area contributed by atoms with E-state index in [0.717, 1.165) is 12.2 Å². The van der Waals surface area contributed by atoms with Crippen LogP contribution in [0.25, 0.3) is 0 Å². The molecule has 0 aliphatic rings. The predicted molar refractivity (Wildman–Crippen MR) is 56.2 cm³/mol. The lowest BCUT2D eigenvalue weighted by Gasteiger charge is -2.08. The van der Waals surface area contributed by atoms with Gasteiger partial charge in [0.25, 0.3) is 0 Å². The lowest BCUT2D eigenvalue weighted by atomic mass is 10.3. The van der Waals surface area contributed by atoms with E-state index in [0.29, 0.717) is 6.54 Å². The molecule has 1 aromatic rings. The highest BCUT2D eigenvalue weighted by Crippen LogP contribution is 2.04. The van der Waals surface area contributed by atoms with Gasteiger partial charge in [-0.15, -0.1) is 5.10 Å². The summed E-state index contributed by atoms with van der Waals surface area (Å²) in [5.74, 6) is -0.0742. The van der Waals surface area contributed by atoms with Crippen molar-refractivity contribution in [3.63, 3.8) is 0 Å². The van der Waals surface area contributed by atoms with Gasteiger partial charge >= 0.3 is 0 Å². The number of carbonyl (C=O) groups excluding carboxylic acids is 1. The van der Waals surface area contributed by atoms with Gasteiger partial charge in [0.2, 0.25) is 5.91 Å². The minimum Gasteiger partial charge on any atom is -0.357 e. The quantitative estimate of drug-likeness (QED) is 0.701. The van der Waals surface area contributed by atoms with E-state index < -0.39 is 0 Å². The molecule has 0 aromatic carbocycles. The molecule has 0 saturated carbocycles. The Balaban J connectivity index is 2.62. The Morgan fingerprint density at radius 1 is 1.67 bits per heavy atom. The molecule has 1 aromatic heterocycles. The molecule has 0 bridgehead atoms. The van der Waals surface area contributed by atoms with Gasteiger partial charge in [-0.3, -0.25) is 4.79 Å². The molecule has 1 rings (SSSR count). The third-order valence-electron chi connectivity index (χ3n) is 2.14. The summed E-state index contributed by atoms with van der Waals surface area (Å²) < 4.78 is 1.56. The highest BCUT2D eigenvalue weighted by molar-refractivity contribution is 5.79. The topological polar surface area (TPSA) is 71.8 Å². The maximum atomic E-state index is 11.3. The molecule has 15 heavy (non-hydrogen) atoms. The summed E-state index contributed by atoms with van der Waals surface area (Å²) in [6.45, 7) is 5.37. The molecule has 1 atom stereocenters. The molecule has 2 N–H and O–H groups in total. The van der Waals surface area contributed by atoms with Crippen molar-refractivity contribution in [3.8, 4) is 0 Å². The van der Waals surface area contributed by atoms with Crippen molar-refractivity contribution in [2.45, 2.75) is 26.4 Å². The standard InChI is InChI=1S/C9H17N5O/c1-4-11-5-8-6-14(13-12-8)7(2)9(15)10-3/h6-7,11H,4-5H2,1-3H3,(H,10,15). The second-order valence-corrected chi connectivity index (χ2v) is 3.26. The first-order chi connectivity index (χ1) is 7.19. The minimum atomic E-state index is -0.321. The molecule has 0 radical (unpaired) electrons. The van der Waals surface area contributed by atoms with E-state index in [2.05, 4.69) is 20.9 Å². The first-order valence-electron chi connectivity index (χ1n) is 5.02. The van der Waals surface area contributed by atoms with E-state index >= 15 is 0 Å². The lowest BCUT2D eigenvalue weighted by molar-refractivity contribution is -0.123. The normalized spacial score (nSPS) is 12.5. The minimum absolute atomic E-state index is 0.0742. The van der Waals surface area contributed by atoms with Crippen molar-refractivity contribution in [1.29, 1.82) is 0 Å². The smallest absolute Gasteiger partial charge is 0.244 e. The molecule has 6 heteroatoms. The monoisotopic (exact) mass is 211 g/mol. The number of nitrogens with zero attached hydrogens (tertiary/aromatic N) is 3. The van der Waals surface area contributed by atoms with Gasteiger partial charge in [0.15, 0.2) is 0 Å². The summed E-state index contributed by atoms with van der Waals surface area (Å²) in [5, 5.41) is 13.6. The number of amides is 1. The maximum Gasteiger partial charge on any atom is 0.244 e. The summed E-state index contributed by atoms with van der Waals surface area (Å²) >= 11 is 0. The van der Waals surface area contributed by atoms with Crippen molar-refractivity contribution in [2.75, 3.05) is 13.6 Å². The summed E-state index contributed by atoms with van der Waals surface area (Å²) in [7, 11) is 1.61. The van der Waals surface area contributed by atoms with Crippen LogP contribution < -0.4 is 10.6 Å². The van der Waals surface area contributed by atoms with Gasteiger partial charge in [-0.2, -0.15) is 0 Å². The molecule has 1 unspecified atom stereocenters. The fraction of sp³-hybridized carbons (Fsp3) is 0.667. The van der Waals surface area contributed by atoms with Gasteiger partial charge in [0, 0.05) is 13.6 Å². The van der Waals surface area contributed by atoms with E-state index in [1.807, 2.05) is 6.92 Å². The Bertz CT molecular complexity index is 322. The molecule has 0 fully saturated rings. The van der Waals surface area contributed by atoms with Crippen molar-refractivity contribution in [1.82, 2.24) is 25.6 Å². The summed E-state index contributed by atoms with van der Waals surface area (Å²) in [5.41, 5.74) is 0.840. The second kappa shape index (κ2) is 5.45. The first kappa shape index (κ1) is 11.6. The summed E-state index contributed by atoms with van der Waals surface area (Å²) in [6.07, 6.45) is 1.78. The van der Waals surface area contributed by atoms with Crippen LogP contribution >= 0.6 is 0 Å². The maximum absolute atomic E-state index is 11.3. The van der Waals surface area contributed by atoms with E-state index in [4.69, 9.17) is 0 Å². The zero-order valence-electron chi connectivity index (χ0n) is 9.32. The lowest BCUT2D eigenvalue weighted by Crippen LogP contribution is -2.28.